The molecule has 4 rings (SSSR count). The van der Waals surface area contributed by atoms with Crippen LogP contribution in [0.1, 0.15) is 16.2 Å². The van der Waals surface area contributed by atoms with Crippen LogP contribution in [0.3, 0.4) is 0 Å². The minimum atomic E-state index is -0.406. The molecule has 0 saturated heterocycles. The van der Waals surface area contributed by atoms with Crippen molar-refractivity contribution in [3.8, 4) is 28.3 Å². The molecule has 0 unspecified atom stereocenters. The Hall–Kier alpha value is -3.46. The summed E-state index contributed by atoms with van der Waals surface area (Å²) in [4.78, 5) is 16.9. The highest BCUT2D eigenvalue weighted by Crippen LogP contribution is 2.27. The van der Waals surface area contributed by atoms with Crippen molar-refractivity contribution in [2.45, 2.75) is 6.92 Å². The topological polar surface area (TPSA) is 95.1 Å². The average Bonchev–Trinajstić information content (AvgIpc) is 3.42. The van der Waals surface area contributed by atoms with Gasteiger partial charge >= 0.3 is 0 Å². The first-order valence-electron chi connectivity index (χ1n) is 8.42. The van der Waals surface area contributed by atoms with Crippen LogP contribution in [-0.2, 0) is 7.05 Å². The van der Waals surface area contributed by atoms with Crippen LogP contribution in [0.15, 0.2) is 46.4 Å². The Bertz CT molecular complexity index is 1130. The molecule has 9 heteroatoms. The lowest BCUT2D eigenvalue weighted by Gasteiger charge is -1.99. The van der Waals surface area contributed by atoms with Gasteiger partial charge in [0.15, 0.2) is 5.13 Å². The Morgan fingerprint density at radius 3 is 2.71 bits per heavy atom. The molecular formula is C19H17N5O3S. The third kappa shape index (κ3) is 3.52. The average molecular weight is 395 g/mol. The summed E-state index contributed by atoms with van der Waals surface area (Å²) >= 11 is 1.34. The Morgan fingerprint density at radius 1 is 1.25 bits per heavy atom. The number of nitrogens with one attached hydrogen (secondary N) is 1. The number of aryl methyl sites for hydroxylation is 2. The first-order valence-corrected chi connectivity index (χ1v) is 9.30. The van der Waals surface area contributed by atoms with Gasteiger partial charge in [-0.25, -0.2) is 4.98 Å². The maximum absolute atomic E-state index is 12.5. The second-order valence-corrected chi connectivity index (χ2v) is 6.96. The van der Waals surface area contributed by atoms with Crippen molar-refractivity contribution in [1.29, 1.82) is 0 Å². The number of amides is 1. The maximum atomic E-state index is 12.5. The van der Waals surface area contributed by atoms with E-state index < -0.39 is 5.91 Å². The van der Waals surface area contributed by atoms with Gasteiger partial charge in [0.2, 0.25) is 5.76 Å². The summed E-state index contributed by atoms with van der Waals surface area (Å²) in [6, 6.07) is 8.93. The fourth-order valence-corrected chi connectivity index (χ4v) is 3.45. The third-order valence-electron chi connectivity index (χ3n) is 4.13. The van der Waals surface area contributed by atoms with Crippen LogP contribution >= 0.6 is 11.3 Å². The largest absolute Gasteiger partial charge is 0.497 e. The number of rotatable bonds is 5. The number of benzene rings is 1. The minimum Gasteiger partial charge on any atom is -0.497 e. The SMILES string of the molecule is COc1ccc(-c2cc(C(=O)Nc3nc(-c4cn(C)nc4C)cs3)on2)cc1. The zero-order chi connectivity index (χ0) is 19.7. The minimum absolute atomic E-state index is 0.111. The molecular weight excluding hydrogens is 378 g/mol. The van der Waals surface area contributed by atoms with E-state index in [2.05, 4.69) is 20.6 Å². The van der Waals surface area contributed by atoms with Crippen LogP contribution in [0.25, 0.3) is 22.5 Å². The first kappa shape index (κ1) is 17.9. The normalized spacial score (nSPS) is 10.8. The molecule has 0 aliphatic heterocycles. The molecule has 0 spiro atoms. The molecule has 142 valence electrons. The lowest BCUT2D eigenvalue weighted by atomic mass is 10.1. The second-order valence-electron chi connectivity index (χ2n) is 6.10. The van der Waals surface area contributed by atoms with Crippen molar-refractivity contribution in [3.05, 3.63) is 53.4 Å². The Labute approximate surface area is 164 Å². The van der Waals surface area contributed by atoms with Crippen molar-refractivity contribution >= 4 is 22.4 Å². The van der Waals surface area contributed by atoms with E-state index in [1.807, 2.05) is 49.8 Å². The van der Waals surface area contributed by atoms with Crippen LogP contribution < -0.4 is 10.1 Å². The maximum Gasteiger partial charge on any atom is 0.296 e. The van der Waals surface area contributed by atoms with Crippen LogP contribution in [0.4, 0.5) is 5.13 Å². The second kappa shape index (κ2) is 7.28. The summed E-state index contributed by atoms with van der Waals surface area (Å²) in [6.07, 6.45) is 1.90. The van der Waals surface area contributed by atoms with Gasteiger partial charge in [-0.3, -0.25) is 14.8 Å². The molecule has 0 atom stereocenters. The molecule has 0 fully saturated rings. The monoisotopic (exact) mass is 395 g/mol. The fourth-order valence-electron chi connectivity index (χ4n) is 2.74. The van der Waals surface area contributed by atoms with Crippen LogP contribution in [-0.4, -0.2) is 32.9 Å². The number of hydrogen-bond donors (Lipinski definition) is 1. The van der Waals surface area contributed by atoms with E-state index in [9.17, 15) is 4.79 Å². The summed E-state index contributed by atoms with van der Waals surface area (Å²) in [6.45, 7) is 1.92. The van der Waals surface area contributed by atoms with E-state index in [4.69, 9.17) is 9.26 Å². The van der Waals surface area contributed by atoms with E-state index in [-0.39, 0.29) is 5.76 Å². The van der Waals surface area contributed by atoms with Crippen molar-refractivity contribution < 1.29 is 14.1 Å². The molecule has 1 N–H and O–H groups in total. The molecule has 3 aromatic heterocycles. The highest BCUT2D eigenvalue weighted by Gasteiger charge is 2.17. The van der Waals surface area contributed by atoms with E-state index in [1.54, 1.807) is 17.9 Å². The Morgan fingerprint density at radius 2 is 2.04 bits per heavy atom. The van der Waals surface area contributed by atoms with Gasteiger partial charge in [0.25, 0.3) is 5.91 Å². The van der Waals surface area contributed by atoms with E-state index >= 15 is 0 Å². The molecule has 1 amide bonds. The Kier molecular flexibility index (Phi) is 4.66. The van der Waals surface area contributed by atoms with Gasteiger partial charge in [0.05, 0.1) is 18.5 Å². The number of ether oxygens (including phenoxy) is 1. The summed E-state index contributed by atoms with van der Waals surface area (Å²) in [5.41, 5.74) is 3.97. The number of carbonyl (C=O) groups excluding carboxylic acids is 1. The molecule has 28 heavy (non-hydrogen) atoms. The third-order valence-corrected chi connectivity index (χ3v) is 4.89. The lowest BCUT2D eigenvalue weighted by Crippen LogP contribution is -2.10. The van der Waals surface area contributed by atoms with Gasteiger partial charge < -0.3 is 9.26 Å². The van der Waals surface area contributed by atoms with Gasteiger partial charge in [-0.15, -0.1) is 11.3 Å². The highest BCUT2D eigenvalue weighted by molar-refractivity contribution is 7.14. The molecule has 3 heterocycles. The first-order chi connectivity index (χ1) is 13.5. The molecule has 1 aromatic carbocycles. The van der Waals surface area contributed by atoms with Crippen molar-refractivity contribution in [2.75, 3.05) is 12.4 Å². The van der Waals surface area contributed by atoms with Crippen LogP contribution in [0.2, 0.25) is 0 Å². The number of methoxy groups -OCH3 is 1. The predicted octanol–water partition coefficient (Wildman–Crippen LogP) is 3.77. The van der Waals surface area contributed by atoms with Gasteiger partial charge in [-0.2, -0.15) is 5.10 Å². The van der Waals surface area contributed by atoms with Crippen LogP contribution in [0.5, 0.6) is 5.75 Å². The van der Waals surface area contributed by atoms with Crippen LogP contribution in [0, 0.1) is 6.92 Å². The summed E-state index contributed by atoms with van der Waals surface area (Å²) in [5, 5.41) is 13.4. The molecule has 8 nitrogen and oxygen atoms in total. The van der Waals surface area contributed by atoms with Crippen molar-refractivity contribution in [1.82, 2.24) is 19.9 Å². The van der Waals surface area contributed by atoms with Gasteiger partial charge in [-0.05, 0) is 31.2 Å². The van der Waals surface area contributed by atoms with Crippen molar-refractivity contribution in [2.24, 2.45) is 7.05 Å². The van der Waals surface area contributed by atoms with E-state index in [0.29, 0.717) is 10.8 Å². The highest BCUT2D eigenvalue weighted by atomic mass is 32.1. The zero-order valence-corrected chi connectivity index (χ0v) is 16.3. The fraction of sp³-hybridized carbons (Fsp3) is 0.158. The van der Waals surface area contributed by atoms with Crippen molar-refractivity contribution in [3.63, 3.8) is 0 Å². The number of aromatic nitrogens is 4. The zero-order valence-electron chi connectivity index (χ0n) is 15.5. The van der Waals surface area contributed by atoms with Gasteiger partial charge in [0.1, 0.15) is 11.4 Å². The molecule has 0 bridgehead atoms. The smallest absolute Gasteiger partial charge is 0.296 e. The number of hydrogen-bond acceptors (Lipinski definition) is 7. The number of anilines is 1. The Balaban J connectivity index is 1.48. The lowest BCUT2D eigenvalue weighted by molar-refractivity contribution is 0.0988. The molecule has 4 aromatic rings. The predicted molar refractivity (Wildman–Crippen MR) is 105 cm³/mol. The van der Waals surface area contributed by atoms with E-state index in [1.165, 1.54) is 11.3 Å². The quantitative estimate of drug-likeness (QED) is 0.553. The molecule has 0 radical (unpaired) electrons. The number of carbonyl (C=O) groups is 1. The van der Waals surface area contributed by atoms with Gasteiger partial charge in [0, 0.05) is 35.8 Å². The molecule has 0 aliphatic rings. The summed E-state index contributed by atoms with van der Waals surface area (Å²) in [5.74, 6) is 0.449. The number of nitrogens with zero attached hydrogens (tertiary/aromatic N) is 4. The summed E-state index contributed by atoms with van der Waals surface area (Å²) in [7, 11) is 3.46. The van der Waals surface area contributed by atoms with E-state index in [0.717, 1.165) is 28.3 Å². The van der Waals surface area contributed by atoms with Gasteiger partial charge in [-0.1, -0.05) is 5.16 Å². The number of thiazole rings is 1. The molecule has 0 saturated carbocycles. The standard InChI is InChI=1S/C19H17N5O3S/c1-11-14(9-24(2)22-11)16-10-28-19(20-16)21-18(25)17-8-15(23-27-17)12-4-6-13(26-3)7-5-12/h4-10H,1-3H3,(H,20,21,25). The molecule has 0 aliphatic carbocycles. The summed E-state index contributed by atoms with van der Waals surface area (Å²) < 4.78 is 12.1.